The molecule has 0 saturated carbocycles. The molecule has 1 fully saturated rings. The van der Waals surface area contributed by atoms with Crippen LogP contribution in [0.2, 0.25) is 0 Å². The number of carbonyl (C=O) groups excluding carboxylic acids is 2. The molecule has 38 heavy (non-hydrogen) atoms. The first-order valence-corrected chi connectivity index (χ1v) is 13.6. The van der Waals surface area contributed by atoms with E-state index in [9.17, 15) is 14.7 Å². The van der Waals surface area contributed by atoms with Crippen LogP contribution in [0.15, 0.2) is 77.7 Å². The first-order chi connectivity index (χ1) is 18.4. The van der Waals surface area contributed by atoms with Gasteiger partial charge in [0.05, 0.1) is 18.8 Å². The SMILES string of the molecule is CCNC(=O)Nc1ccc([C@@H]2O[C@H](CSc3ccc(NC(C)=O)cc3)C[C@H](c3ccc(CO)cc3)O2)cc1. The van der Waals surface area contributed by atoms with E-state index in [2.05, 4.69) is 16.0 Å². The second-order valence-corrected chi connectivity index (χ2v) is 10.1. The predicted octanol–water partition coefficient (Wildman–Crippen LogP) is 5.62. The molecule has 1 aliphatic heterocycles. The zero-order valence-electron chi connectivity index (χ0n) is 21.5. The van der Waals surface area contributed by atoms with Crippen LogP contribution in [0.3, 0.4) is 0 Å². The number of hydrogen-bond donors (Lipinski definition) is 4. The summed E-state index contributed by atoms with van der Waals surface area (Å²) in [5.41, 5.74) is 4.18. The Kier molecular flexibility index (Phi) is 9.78. The van der Waals surface area contributed by atoms with Crippen molar-refractivity contribution in [3.8, 4) is 0 Å². The summed E-state index contributed by atoms with van der Waals surface area (Å²) >= 11 is 1.69. The van der Waals surface area contributed by atoms with E-state index in [1.54, 1.807) is 11.8 Å². The van der Waals surface area contributed by atoms with Gasteiger partial charge in [-0.2, -0.15) is 0 Å². The number of anilines is 2. The van der Waals surface area contributed by atoms with Crippen LogP contribution in [0.1, 0.15) is 49.4 Å². The van der Waals surface area contributed by atoms with Gasteiger partial charge in [0.15, 0.2) is 6.29 Å². The summed E-state index contributed by atoms with van der Waals surface area (Å²) in [6, 6.07) is 22.7. The molecule has 3 amide bonds. The van der Waals surface area contributed by atoms with Gasteiger partial charge in [-0.05, 0) is 54.4 Å². The van der Waals surface area contributed by atoms with Gasteiger partial charge in [0, 0.05) is 47.5 Å². The summed E-state index contributed by atoms with van der Waals surface area (Å²) in [4.78, 5) is 24.2. The zero-order valence-corrected chi connectivity index (χ0v) is 22.3. The van der Waals surface area contributed by atoms with Crippen LogP contribution < -0.4 is 16.0 Å². The molecule has 0 bridgehead atoms. The van der Waals surface area contributed by atoms with Gasteiger partial charge in [0.2, 0.25) is 5.91 Å². The predicted molar refractivity (Wildman–Crippen MR) is 149 cm³/mol. The maximum atomic E-state index is 11.8. The molecule has 0 aromatic heterocycles. The summed E-state index contributed by atoms with van der Waals surface area (Å²) in [6.07, 6.45) is -0.146. The van der Waals surface area contributed by atoms with Crippen molar-refractivity contribution in [1.82, 2.24) is 5.32 Å². The number of urea groups is 1. The van der Waals surface area contributed by atoms with Gasteiger partial charge in [-0.25, -0.2) is 4.79 Å². The molecule has 0 unspecified atom stereocenters. The molecule has 1 aliphatic rings. The fraction of sp³-hybridized carbons (Fsp3) is 0.310. The number of aliphatic hydroxyl groups excluding tert-OH is 1. The minimum absolute atomic E-state index is 0.00576. The third kappa shape index (κ3) is 7.82. The molecule has 4 rings (SSSR count). The molecule has 8 nitrogen and oxygen atoms in total. The highest BCUT2D eigenvalue weighted by atomic mass is 32.2. The zero-order chi connectivity index (χ0) is 26.9. The van der Waals surface area contributed by atoms with Crippen LogP contribution in [0, 0.1) is 0 Å². The van der Waals surface area contributed by atoms with Gasteiger partial charge < -0.3 is 30.5 Å². The molecule has 3 aromatic rings. The number of benzene rings is 3. The number of aliphatic hydroxyl groups is 1. The summed E-state index contributed by atoms with van der Waals surface area (Å²) in [5.74, 6) is 0.625. The fourth-order valence-electron chi connectivity index (χ4n) is 4.11. The summed E-state index contributed by atoms with van der Waals surface area (Å²) in [6.45, 7) is 3.90. The highest BCUT2D eigenvalue weighted by molar-refractivity contribution is 7.99. The standard InChI is InChI=1S/C29H33N3O5S/c1-3-30-29(35)32-24-10-8-22(9-11-24)28-36-25(16-27(37-28)21-6-4-20(17-33)5-7-21)18-38-26-14-12-23(13-15-26)31-19(2)34/h4-15,25,27-28,33H,3,16-18H2,1-2H3,(H,31,34)(H2,30,32,35)/t25-,27+,28+/m0/s1. The lowest BCUT2D eigenvalue weighted by molar-refractivity contribution is -0.245. The first kappa shape index (κ1) is 27.7. The van der Waals surface area contributed by atoms with E-state index in [0.717, 1.165) is 33.0 Å². The molecule has 0 aliphatic carbocycles. The Morgan fingerprint density at radius 3 is 2.16 bits per heavy atom. The number of nitrogens with one attached hydrogen (secondary N) is 3. The highest BCUT2D eigenvalue weighted by Crippen LogP contribution is 2.39. The number of carbonyl (C=O) groups is 2. The van der Waals surface area contributed by atoms with Crippen molar-refractivity contribution in [2.24, 2.45) is 0 Å². The van der Waals surface area contributed by atoms with Crippen LogP contribution >= 0.6 is 11.8 Å². The van der Waals surface area contributed by atoms with Crippen LogP contribution in [0.5, 0.6) is 0 Å². The Hall–Kier alpha value is -3.37. The largest absolute Gasteiger partial charge is 0.392 e. The van der Waals surface area contributed by atoms with E-state index in [4.69, 9.17) is 9.47 Å². The van der Waals surface area contributed by atoms with Crippen molar-refractivity contribution in [3.63, 3.8) is 0 Å². The molecule has 4 N–H and O–H groups in total. The number of hydrogen-bond acceptors (Lipinski definition) is 6. The average molecular weight is 536 g/mol. The van der Waals surface area contributed by atoms with Crippen molar-refractivity contribution >= 4 is 35.1 Å². The molecule has 0 radical (unpaired) electrons. The van der Waals surface area contributed by atoms with Crippen molar-refractivity contribution < 1.29 is 24.2 Å². The van der Waals surface area contributed by atoms with Gasteiger partial charge in [-0.1, -0.05) is 36.4 Å². The molecular formula is C29H33N3O5S. The number of ether oxygens (including phenoxy) is 2. The Labute approximate surface area is 227 Å². The van der Waals surface area contributed by atoms with E-state index in [0.29, 0.717) is 18.7 Å². The number of rotatable bonds is 9. The Balaban J connectivity index is 1.47. The molecule has 200 valence electrons. The summed E-state index contributed by atoms with van der Waals surface area (Å²) < 4.78 is 12.8. The van der Waals surface area contributed by atoms with Crippen molar-refractivity contribution in [1.29, 1.82) is 0 Å². The van der Waals surface area contributed by atoms with E-state index in [-0.39, 0.29) is 30.8 Å². The van der Waals surface area contributed by atoms with E-state index in [1.807, 2.05) is 79.7 Å². The summed E-state index contributed by atoms with van der Waals surface area (Å²) in [7, 11) is 0. The molecule has 9 heteroatoms. The second-order valence-electron chi connectivity index (χ2n) is 8.97. The van der Waals surface area contributed by atoms with Gasteiger partial charge in [-0.15, -0.1) is 11.8 Å². The minimum atomic E-state index is -0.572. The molecule has 3 aromatic carbocycles. The maximum Gasteiger partial charge on any atom is 0.319 e. The number of amides is 3. The van der Waals surface area contributed by atoms with Gasteiger partial charge >= 0.3 is 6.03 Å². The minimum Gasteiger partial charge on any atom is -0.392 e. The Bertz CT molecular complexity index is 1200. The summed E-state index contributed by atoms with van der Waals surface area (Å²) in [5, 5.41) is 17.7. The van der Waals surface area contributed by atoms with E-state index in [1.165, 1.54) is 6.92 Å². The van der Waals surface area contributed by atoms with Gasteiger partial charge in [0.1, 0.15) is 0 Å². The smallest absolute Gasteiger partial charge is 0.319 e. The van der Waals surface area contributed by atoms with Crippen LogP contribution in [0.4, 0.5) is 16.2 Å². The van der Waals surface area contributed by atoms with Crippen LogP contribution in [-0.2, 0) is 20.9 Å². The maximum absolute atomic E-state index is 11.8. The fourth-order valence-corrected chi connectivity index (χ4v) is 5.03. The van der Waals surface area contributed by atoms with Crippen LogP contribution in [0.25, 0.3) is 0 Å². The second kappa shape index (κ2) is 13.4. The van der Waals surface area contributed by atoms with Crippen molar-refractivity contribution in [3.05, 3.63) is 89.5 Å². The van der Waals surface area contributed by atoms with Gasteiger partial charge in [-0.3, -0.25) is 4.79 Å². The molecule has 0 spiro atoms. The van der Waals surface area contributed by atoms with E-state index >= 15 is 0 Å². The third-order valence-electron chi connectivity index (χ3n) is 6.00. The lowest BCUT2D eigenvalue weighted by Gasteiger charge is -2.36. The lowest BCUT2D eigenvalue weighted by Crippen LogP contribution is -2.31. The first-order valence-electron chi connectivity index (χ1n) is 12.6. The molecule has 1 saturated heterocycles. The highest BCUT2D eigenvalue weighted by Gasteiger charge is 2.32. The molecular weight excluding hydrogens is 502 g/mol. The lowest BCUT2D eigenvalue weighted by atomic mass is 10.0. The topological polar surface area (TPSA) is 109 Å². The molecule has 3 atom stereocenters. The normalized spacial score (nSPS) is 19.0. The van der Waals surface area contributed by atoms with Crippen molar-refractivity contribution in [2.45, 2.75) is 50.3 Å². The Morgan fingerprint density at radius 2 is 1.53 bits per heavy atom. The van der Waals surface area contributed by atoms with Gasteiger partial charge in [0.25, 0.3) is 0 Å². The van der Waals surface area contributed by atoms with Crippen molar-refractivity contribution in [2.75, 3.05) is 22.9 Å². The Morgan fingerprint density at radius 1 is 0.895 bits per heavy atom. The monoisotopic (exact) mass is 535 g/mol. The number of thioether (sulfide) groups is 1. The average Bonchev–Trinajstić information content (AvgIpc) is 2.93. The third-order valence-corrected chi connectivity index (χ3v) is 7.15. The van der Waals surface area contributed by atoms with Crippen LogP contribution in [-0.4, -0.2) is 35.4 Å². The quantitative estimate of drug-likeness (QED) is 0.265. The van der Waals surface area contributed by atoms with E-state index < -0.39 is 6.29 Å². The molecule has 1 heterocycles.